The van der Waals surface area contributed by atoms with Crippen molar-refractivity contribution in [3.8, 4) is 0 Å². The van der Waals surface area contributed by atoms with E-state index in [0.717, 1.165) is 17.0 Å². The van der Waals surface area contributed by atoms with Gasteiger partial charge in [-0.15, -0.1) is 11.8 Å². The minimum absolute atomic E-state index is 0.0421. The molecule has 2 aromatic carbocycles. The van der Waals surface area contributed by atoms with Crippen molar-refractivity contribution in [2.75, 3.05) is 30.3 Å². The first-order valence-electron chi connectivity index (χ1n) is 8.20. The van der Waals surface area contributed by atoms with E-state index >= 15 is 0 Å². The average molecular weight is 356 g/mol. The molecule has 0 unspecified atom stereocenters. The highest BCUT2D eigenvalue weighted by Gasteiger charge is 2.24. The molecular formula is C19H20N2O3S. The molecule has 3 rings (SSSR count). The number of rotatable bonds is 6. The van der Waals surface area contributed by atoms with Gasteiger partial charge in [0.15, 0.2) is 0 Å². The van der Waals surface area contributed by atoms with Crippen molar-refractivity contribution in [1.29, 1.82) is 0 Å². The standard InChI is InChI=1S/C19H20N2O3S/c22-12-10-20-19(24)15-6-2-4-8-17(15)25-13-18(23)21-11-9-14-5-1-3-7-16(14)21/h1-8,22H,9-13H2,(H,20,24). The minimum atomic E-state index is -0.240. The molecule has 25 heavy (non-hydrogen) atoms. The zero-order chi connectivity index (χ0) is 17.6. The Kier molecular flexibility index (Phi) is 5.73. The lowest BCUT2D eigenvalue weighted by Gasteiger charge is -2.17. The van der Waals surface area contributed by atoms with Crippen LogP contribution >= 0.6 is 11.8 Å². The second kappa shape index (κ2) is 8.18. The number of carbonyl (C=O) groups is 2. The molecule has 0 saturated heterocycles. The predicted octanol–water partition coefficient (Wildman–Crippen LogP) is 2.09. The van der Waals surface area contributed by atoms with E-state index < -0.39 is 0 Å². The van der Waals surface area contributed by atoms with E-state index in [2.05, 4.69) is 11.4 Å². The van der Waals surface area contributed by atoms with Gasteiger partial charge in [-0.3, -0.25) is 9.59 Å². The quantitative estimate of drug-likeness (QED) is 0.778. The summed E-state index contributed by atoms with van der Waals surface area (Å²) in [4.78, 5) is 27.3. The number of fused-ring (bicyclic) bond motifs is 1. The number of aliphatic hydroxyl groups excluding tert-OH is 1. The first-order valence-corrected chi connectivity index (χ1v) is 9.18. The number of hydrogen-bond donors (Lipinski definition) is 2. The largest absolute Gasteiger partial charge is 0.395 e. The summed E-state index contributed by atoms with van der Waals surface area (Å²) in [6.07, 6.45) is 0.882. The zero-order valence-corrected chi connectivity index (χ0v) is 14.6. The predicted molar refractivity (Wildman–Crippen MR) is 99.1 cm³/mol. The summed E-state index contributed by atoms with van der Waals surface area (Å²) in [6, 6.07) is 15.2. The van der Waals surface area contributed by atoms with Gasteiger partial charge in [-0.1, -0.05) is 30.3 Å². The fourth-order valence-corrected chi connectivity index (χ4v) is 3.79. The molecule has 2 amide bonds. The van der Waals surface area contributed by atoms with Crippen LogP contribution in [0.2, 0.25) is 0 Å². The van der Waals surface area contributed by atoms with Crippen LogP contribution in [0, 0.1) is 0 Å². The third kappa shape index (κ3) is 4.03. The molecule has 0 atom stereocenters. The minimum Gasteiger partial charge on any atom is -0.395 e. The Balaban J connectivity index is 1.66. The molecule has 0 spiro atoms. The first-order chi connectivity index (χ1) is 12.2. The SMILES string of the molecule is O=C(NCCO)c1ccccc1SCC(=O)N1CCc2ccccc21. The molecule has 0 radical (unpaired) electrons. The second-order valence-electron chi connectivity index (χ2n) is 5.69. The zero-order valence-electron chi connectivity index (χ0n) is 13.8. The number of nitrogens with zero attached hydrogens (tertiary/aromatic N) is 1. The highest BCUT2D eigenvalue weighted by molar-refractivity contribution is 8.00. The van der Waals surface area contributed by atoms with Gasteiger partial charge in [0.05, 0.1) is 17.9 Å². The molecule has 0 saturated carbocycles. The van der Waals surface area contributed by atoms with E-state index in [9.17, 15) is 9.59 Å². The third-order valence-electron chi connectivity index (χ3n) is 4.07. The maximum absolute atomic E-state index is 12.6. The number of anilines is 1. The Morgan fingerprint density at radius 3 is 2.72 bits per heavy atom. The lowest BCUT2D eigenvalue weighted by atomic mass is 10.2. The van der Waals surface area contributed by atoms with Crippen LogP contribution in [0.15, 0.2) is 53.4 Å². The van der Waals surface area contributed by atoms with Crippen LogP contribution in [-0.4, -0.2) is 42.4 Å². The lowest BCUT2D eigenvalue weighted by Crippen LogP contribution is -2.30. The van der Waals surface area contributed by atoms with Gasteiger partial charge >= 0.3 is 0 Å². The number of benzene rings is 2. The Hall–Kier alpha value is -2.31. The van der Waals surface area contributed by atoms with E-state index in [1.54, 1.807) is 12.1 Å². The number of thioether (sulfide) groups is 1. The van der Waals surface area contributed by atoms with Gasteiger partial charge in [0.25, 0.3) is 5.91 Å². The van der Waals surface area contributed by atoms with E-state index in [4.69, 9.17) is 5.11 Å². The molecule has 1 aliphatic heterocycles. The molecule has 6 heteroatoms. The summed E-state index contributed by atoms with van der Waals surface area (Å²) < 4.78 is 0. The van der Waals surface area contributed by atoms with E-state index in [1.165, 1.54) is 17.3 Å². The molecular weight excluding hydrogens is 336 g/mol. The molecule has 2 N–H and O–H groups in total. The van der Waals surface area contributed by atoms with Crippen LogP contribution in [0.5, 0.6) is 0 Å². The van der Waals surface area contributed by atoms with Crippen LogP contribution in [-0.2, 0) is 11.2 Å². The average Bonchev–Trinajstić information content (AvgIpc) is 3.08. The molecule has 0 fully saturated rings. The van der Waals surface area contributed by atoms with Crippen molar-refractivity contribution in [3.63, 3.8) is 0 Å². The van der Waals surface area contributed by atoms with Crippen molar-refractivity contribution in [3.05, 3.63) is 59.7 Å². The van der Waals surface area contributed by atoms with Crippen LogP contribution in [0.3, 0.4) is 0 Å². The van der Waals surface area contributed by atoms with Gasteiger partial charge in [-0.25, -0.2) is 0 Å². The number of nitrogens with one attached hydrogen (secondary N) is 1. The molecule has 0 aliphatic carbocycles. The van der Waals surface area contributed by atoms with Gasteiger partial charge < -0.3 is 15.3 Å². The second-order valence-corrected chi connectivity index (χ2v) is 6.71. The molecule has 2 aromatic rings. The van der Waals surface area contributed by atoms with Crippen molar-refractivity contribution in [2.45, 2.75) is 11.3 Å². The van der Waals surface area contributed by atoms with Crippen molar-refractivity contribution >= 4 is 29.3 Å². The highest BCUT2D eigenvalue weighted by atomic mass is 32.2. The number of amides is 2. The van der Waals surface area contributed by atoms with Crippen LogP contribution in [0.25, 0.3) is 0 Å². The Morgan fingerprint density at radius 2 is 1.88 bits per heavy atom. The summed E-state index contributed by atoms with van der Waals surface area (Å²) in [5, 5.41) is 11.5. The topological polar surface area (TPSA) is 69.6 Å². The Bertz CT molecular complexity index is 779. The fraction of sp³-hybridized carbons (Fsp3) is 0.263. The smallest absolute Gasteiger partial charge is 0.252 e. The van der Waals surface area contributed by atoms with Crippen molar-refractivity contribution < 1.29 is 14.7 Å². The number of carbonyl (C=O) groups excluding carboxylic acids is 2. The summed E-state index contributed by atoms with van der Waals surface area (Å²) in [5.41, 5.74) is 2.71. The maximum Gasteiger partial charge on any atom is 0.252 e. The Morgan fingerprint density at radius 1 is 1.12 bits per heavy atom. The van der Waals surface area contributed by atoms with Crippen LogP contribution in [0.4, 0.5) is 5.69 Å². The Labute approximate surface area is 151 Å². The van der Waals surface area contributed by atoms with Gasteiger partial charge in [0.2, 0.25) is 5.91 Å². The molecule has 1 heterocycles. The number of hydrogen-bond acceptors (Lipinski definition) is 4. The molecule has 0 bridgehead atoms. The van der Waals surface area contributed by atoms with E-state index in [-0.39, 0.29) is 30.7 Å². The van der Waals surface area contributed by atoms with Crippen molar-refractivity contribution in [1.82, 2.24) is 5.32 Å². The van der Waals surface area contributed by atoms with Crippen LogP contribution < -0.4 is 10.2 Å². The fourth-order valence-electron chi connectivity index (χ4n) is 2.86. The van der Waals surface area contributed by atoms with Gasteiger partial charge in [-0.2, -0.15) is 0 Å². The lowest BCUT2D eigenvalue weighted by molar-refractivity contribution is -0.116. The summed E-state index contributed by atoms with van der Waals surface area (Å²) in [5.74, 6) is 0.0789. The normalized spacial score (nSPS) is 12.8. The number of para-hydroxylation sites is 1. The van der Waals surface area contributed by atoms with Gasteiger partial charge in [0, 0.05) is 23.7 Å². The maximum atomic E-state index is 12.6. The molecule has 1 aliphatic rings. The van der Waals surface area contributed by atoms with Gasteiger partial charge in [0.1, 0.15) is 0 Å². The third-order valence-corrected chi connectivity index (χ3v) is 5.13. The van der Waals surface area contributed by atoms with Gasteiger partial charge in [-0.05, 0) is 30.2 Å². The van der Waals surface area contributed by atoms with Crippen LogP contribution in [0.1, 0.15) is 15.9 Å². The van der Waals surface area contributed by atoms with E-state index in [0.29, 0.717) is 12.1 Å². The molecule has 5 nitrogen and oxygen atoms in total. The van der Waals surface area contributed by atoms with E-state index in [1.807, 2.05) is 35.2 Å². The summed E-state index contributed by atoms with van der Waals surface area (Å²) in [7, 11) is 0. The first kappa shape index (κ1) is 17.5. The number of aliphatic hydroxyl groups is 1. The summed E-state index contributed by atoms with van der Waals surface area (Å²) in [6.45, 7) is 0.812. The highest BCUT2D eigenvalue weighted by Crippen LogP contribution is 2.29. The van der Waals surface area contributed by atoms with Crippen molar-refractivity contribution in [2.24, 2.45) is 0 Å². The molecule has 0 aromatic heterocycles. The summed E-state index contributed by atoms with van der Waals surface area (Å²) >= 11 is 1.36. The monoisotopic (exact) mass is 356 g/mol. The molecule has 130 valence electrons.